The molecule has 0 saturated carbocycles. The predicted molar refractivity (Wildman–Crippen MR) is 116 cm³/mol. The molecule has 5 nitrogen and oxygen atoms in total. The second-order valence-electron chi connectivity index (χ2n) is 6.83. The SMILES string of the molecule is CC(C)(C)c1csc(NC(=O)CSC2=NC(=O)/C(=C\c3ccccc3)S2)n1. The third-order valence-electron chi connectivity index (χ3n) is 3.54. The molecule has 3 rings (SSSR count). The van der Waals surface area contributed by atoms with Gasteiger partial charge in [0.2, 0.25) is 5.91 Å². The highest BCUT2D eigenvalue weighted by Crippen LogP contribution is 2.34. The molecule has 2 heterocycles. The first-order chi connectivity index (χ1) is 12.8. The summed E-state index contributed by atoms with van der Waals surface area (Å²) in [7, 11) is 0. The average Bonchev–Trinajstić information content (AvgIpc) is 3.21. The number of anilines is 1. The highest BCUT2D eigenvalue weighted by Gasteiger charge is 2.23. The molecule has 1 aliphatic heterocycles. The summed E-state index contributed by atoms with van der Waals surface area (Å²) in [6, 6.07) is 9.62. The first-order valence-electron chi connectivity index (χ1n) is 8.27. The van der Waals surface area contributed by atoms with Crippen LogP contribution < -0.4 is 5.32 Å². The van der Waals surface area contributed by atoms with Gasteiger partial charge in [-0.1, -0.05) is 74.6 Å². The molecule has 1 aromatic carbocycles. The molecular weight excluding hydrogens is 398 g/mol. The Morgan fingerprint density at radius 3 is 2.67 bits per heavy atom. The second kappa shape index (κ2) is 8.41. The van der Waals surface area contributed by atoms with Gasteiger partial charge in [0, 0.05) is 10.8 Å². The van der Waals surface area contributed by atoms with E-state index in [0.29, 0.717) is 14.4 Å². The van der Waals surface area contributed by atoms with Crippen LogP contribution in [0, 0.1) is 0 Å². The quantitative estimate of drug-likeness (QED) is 0.725. The van der Waals surface area contributed by atoms with Gasteiger partial charge in [-0.2, -0.15) is 4.99 Å². The van der Waals surface area contributed by atoms with E-state index >= 15 is 0 Å². The molecule has 0 bridgehead atoms. The molecule has 0 radical (unpaired) electrons. The minimum Gasteiger partial charge on any atom is -0.301 e. The molecule has 27 heavy (non-hydrogen) atoms. The maximum absolute atomic E-state index is 12.2. The fraction of sp³-hybridized carbons (Fsp3) is 0.263. The molecule has 2 aromatic rings. The highest BCUT2D eigenvalue weighted by molar-refractivity contribution is 8.41. The third kappa shape index (κ3) is 5.54. The summed E-state index contributed by atoms with van der Waals surface area (Å²) in [5, 5.41) is 5.35. The second-order valence-corrected chi connectivity index (χ2v) is 9.94. The third-order valence-corrected chi connectivity index (χ3v) is 6.43. The number of thiazole rings is 1. The maximum atomic E-state index is 12.2. The van der Waals surface area contributed by atoms with Gasteiger partial charge in [0.25, 0.3) is 5.91 Å². The van der Waals surface area contributed by atoms with Crippen molar-refractivity contribution < 1.29 is 9.59 Å². The summed E-state index contributed by atoms with van der Waals surface area (Å²) >= 11 is 3.97. The van der Waals surface area contributed by atoms with Crippen LogP contribution in [-0.2, 0) is 15.0 Å². The molecule has 2 amide bonds. The summed E-state index contributed by atoms with van der Waals surface area (Å²) in [6.07, 6.45) is 1.81. The lowest BCUT2D eigenvalue weighted by molar-refractivity contribution is -0.114. The van der Waals surface area contributed by atoms with E-state index in [1.807, 2.05) is 41.8 Å². The Bertz CT molecular complexity index is 912. The van der Waals surface area contributed by atoms with Crippen LogP contribution in [0.1, 0.15) is 32.0 Å². The molecule has 1 aromatic heterocycles. The van der Waals surface area contributed by atoms with E-state index < -0.39 is 0 Å². The summed E-state index contributed by atoms with van der Waals surface area (Å²) in [5.41, 5.74) is 1.85. The van der Waals surface area contributed by atoms with Crippen LogP contribution in [0.15, 0.2) is 45.6 Å². The summed E-state index contributed by atoms with van der Waals surface area (Å²) in [6.45, 7) is 6.24. The van der Waals surface area contributed by atoms with Crippen molar-refractivity contribution in [2.75, 3.05) is 11.1 Å². The van der Waals surface area contributed by atoms with Crippen molar-refractivity contribution in [2.24, 2.45) is 4.99 Å². The Hall–Kier alpha value is -1.90. The standard InChI is InChI=1S/C19H19N3O2S3/c1-19(2,3)14-10-25-17(20-14)21-15(23)11-26-18-22-16(24)13(27-18)9-12-7-5-4-6-8-12/h4-10H,11H2,1-3H3,(H,20,21,23)/b13-9+. The zero-order chi connectivity index (χ0) is 19.4. The van der Waals surface area contributed by atoms with Crippen LogP contribution in [0.2, 0.25) is 0 Å². The van der Waals surface area contributed by atoms with Crippen molar-refractivity contribution in [1.29, 1.82) is 0 Å². The monoisotopic (exact) mass is 417 g/mol. The van der Waals surface area contributed by atoms with Gasteiger partial charge < -0.3 is 5.32 Å². The van der Waals surface area contributed by atoms with Crippen molar-refractivity contribution in [2.45, 2.75) is 26.2 Å². The predicted octanol–water partition coefficient (Wildman–Crippen LogP) is 4.78. The lowest BCUT2D eigenvalue weighted by Crippen LogP contribution is -2.16. The summed E-state index contributed by atoms with van der Waals surface area (Å²) in [5.74, 6) is -0.241. The van der Waals surface area contributed by atoms with Crippen LogP contribution in [0.5, 0.6) is 0 Å². The molecule has 0 fully saturated rings. The lowest BCUT2D eigenvalue weighted by Gasteiger charge is -2.14. The van der Waals surface area contributed by atoms with Crippen molar-refractivity contribution in [3.05, 3.63) is 51.9 Å². The number of hydrogen-bond donors (Lipinski definition) is 1. The Morgan fingerprint density at radius 1 is 1.26 bits per heavy atom. The average molecular weight is 418 g/mol. The van der Waals surface area contributed by atoms with Gasteiger partial charge >= 0.3 is 0 Å². The Kier molecular flexibility index (Phi) is 6.18. The molecular formula is C19H19N3O2S3. The van der Waals surface area contributed by atoms with E-state index in [0.717, 1.165) is 11.3 Å². The van der Waals surface area contributed by atoms with Crippen LogP contribution >= 0.6 is 34.9 Å². The van der Waals surface area contributed by atoms with Crippen LogP contribution in [0.3, 0.4) is 0 Å². The fourth-order valence-corrected chi connectivity index (χ4v) is 4.86. The Labute approximate surface area is 170 Å². The molecule has 0 saturated heterocycles. The number of nitrogens with zero attached hydrogens (tertiary/aromatic N) is 2. The van der Waals surface area contributed by atoms with Crippen molar-refractivity contribution >= 4 is 62.3 Å². The summed E-state index contributed by atoms with van der Waals surface area (Å²) in [4.78, 5) is 33.2. The van der Waals surface area contributed by atoms with Gasteiger partial charge in [-0.05, 0) is 11.6 Å². The van der Waals surface area contributed by atoms with Gasteiger partial charge in [-0.25, -0.2) is 4.98 Å². The Balaban J connectivity index is 1.52. The minimum absolute atomic E-state index is 0.0503. The Morgan fingerprint density at radius 2 is 2.00 bits per heavy atom. The number of rotatable bonds is 4. The van der Waals surface area contributed by atoms with E-state index in [1.165, 1.54) is 34.9 Å². The zero-order valence-electron chi connectivity index (χ0n) is 15.2. The van der Waals surface area contributed by atoms with Crippen molar-refractivity contribution in [1.82, 2.24) is 4.98 Å². The topological polar surface area (TPSA) is 71.4 Å². The number of thioether (sulfide) groups is 2. The fourth-order valence-electron chi connectivity index (χ4n) is 2.11. The zero-order valence-corrected chi connectivity index (χ0v) is 17.6. The molecule has 0 atom stereocenters. The first-order valence-corrected chi connectivity index (χ1v) is 11.0. The van der Waals surface area contributed by atoms with Crippen molar-refractivity contribution in [3.63, 3.8) is 0 Å². The number of carbonyl (C=O) groups is 2. The van der Waals surface area contributed by atoms with Crippen molar-refractivity contribution in [3.8, 4) is 0 Å². The number of carbonyl (C=O) groups excluding carboxylic acids is 2. The van der Waals surface area contributed by atoms with Gasteiger partial charge in [0.05, 0.1) is 16.4 Å². The number of aliphatic imine (C=N–C) groups is 1. The van der Waals surface area contributed by atoms with Crippen LogP contribution in [0.4, 0.5) is 5.13 Å². The van der Waals surface area contributed by atoms with E-state index in [2.05, 4.69) is 36.1 Å². The molecule has 0 aliphatic carbocycles. The number of aromatic nitrogens is 1. The van der Waals surface area contributed by atoms with Crippen LogP contribution in [-0.4, -0.2) is 26.9 Å². The number of amides is 2. The largest absolute Gasteiger partial charge is 0.301 e. The summed E-state index contributed by atoms with van der Waals surface area (Å²) < 4.78 is 0.590. The van der Waals surface area contributed by atoms with E-state index in [4.69, 9.17) is 0 Å². The number of hydrogen-bond acceptors (Lipinski definition) is 6. The smallest absolute Gasteiger partial charge is 0.285 e. The molecule has 1 aliphatic rings. The van der Waals surface area contributed by atoms with Gasteiger partial charge in [-0.15, -0.1) is 11.3 Å². The molecule has 1 N–H and O–H groups in total. The van der Waals surface area contributed by atoms with Gasteiger partial charge in [-0.3, -0.25) is 9.59 Å². The maximum Gasteiger partial charge on any atom is 0.285 e. The van der Waals surface area contributed by atoms with E-state index in [1.54, 1.807) is 0 Å². The van der Waals surface area contributed by atoms with Gasteiger partial charge in [0.1, 0.15) is 4.38 Å². The van der Waals surface area contributed by atoms with Gasteiger partial charge in [0.15, 0.2) is 5.13 Å². The number of nitrogens with one attached hydrogen (secondary N) is 1. The molecule has 140 valence electrons. The number of benzene rings is 1. The van der Waals surface area contributed by atoms with Crippen LogP contribution in [0.25, 0.3) is 6.08 Å². The highest BCUT2D eigenvalue weighted by atomic mass is 32.2. The van der Waals surface area contributed by atoms with E-state index in [-0.39, 0.29) is 23.0 Å². The molecule has 8 heteroatoms. The minimum atomic E-state index is -0.262. The van der Waals surface area contributed by atoms with E-state index in [9.17, 15) is 9.59 Å². The first kappa shape index (κ1) is 19.9. The molecule has 0 unspecified atom stereocenters. The normalized spacial score (nSPS) is 15.9. The lowest BCUT2D eigenvalue weighted by atomic mass is 9.93. The molecule has 0 spiro atoms.